The van der Waals surface area contributed by atoms with E-state index in [2.05, 4.69) is 6.92 Å². The standard InChI is InChI=1S/C31H34N2O6/c1-4-6-19-38-25-17-12-21(20-26(25)36-3)28-27-29(39-33(28)23-10-8-7-9-11-23)31(35)32(30(27)34)22-13-15-24(16-14-22)37-18-5-2/h7-17,20,27-29H,4-6,18-19H2,1-3H3/t27-,28+,29+/m0/s1. The molecule has 0 unspecified atom stereocenters. The first-order valence-electron chi connectivity index (χ1n) is 13.5. The van der Waals surface area contributed by atoms with Crippen LogP contribution in [-0.2, 0) is 14.4 Å². The van der Waals surface area contributed by atoms with Crippen molar-refractivity contribution in [3.63, 3.8) is 0 Å². The lowest BCUT2D eigenvalue weighted by atomic mass is 9.90. The second kappa shape index (κ2) is 11.8. The molecule has 3 aromatic rings. The van der Waals surface area contributed by atoms with E-state index in [1.165, 1.54) is 4.90 Å². The number of para-hydroxylation sites is 1. The van der Waals surface area contributed by atoms with Gasteiger partial charge in [-0.2, -0.15) is 0 Å². The monoisotopic (exact) mass is 530 g/mol. The molecule has 2 aliphatic rings. The van der Waals surface area contributed by atoms with Crippen molar-refractivity contribution in [2.45, 2.75) is 45.3 Å². The third kappa shape index (κ3) is 5.16. The van der Waals surface area contributed by atoms with Gasteiger partial charge in [0.1, 0.15) is 11.7 Å². The number of fused-ring (bicyclic) bond motifs is 1. The normalized spacial score (nSPS) is 20.3. The number of benzene rings is 3. The number of carbonyl (C=O) groups is 2. The summed E-state index contributed by atoms with van der Waals surface area (Å²) >= 11 is 0. The molecule has 0 spiro atoms. The van der Waals surface area contributed by atoms with Crippen LogP contribution in [0.5, 0.6) is 17.2 Å². The van der Waals surface area contributed by atoms with Crippen molar-refractivity contribution in [1.82, 2.24) is 0 Å². The maximum absolute atomic E-state index is 13.9. The summed E-state index contributed by atoms with van der Waals surface area (Å²) in [6.07, 6.45) is 1.90. The highest BCUT2D eigenvalue weighted by Gasteiger charge is 2.60. The number of imide groups is 1. The van der Waals surface area contributed by atoms with Crippen LogP contribution in [0, 0.1) is 5.92 Å². The summed E-state index contributed by atoms with van der Waals surface area (Å²) in [7, 11) is 1.59. The Hall–Kier alpha value is -4.04. The van der Waals surface area contributed by atoms with Crippen molar-refractivity contribution in [3.8, 4) is 17.2 Å². The molecule has 5 rings (SSSR count). The van der Waals surface area contributed by atoms with Gasteiger partial charge in [-0.15, -0.1) is 0 Å². The number of rotatable bonds is 11. The van der Waals surface area contributed by atoms with Gasteiger partial charge in [-0.25, -0.2) is 9.96 Å². The molecule has 0 radical (unpaired) electrons. The SMILES string of the molecule is CCCCOc1ccc([C@@H]2[C@@H]3C(=O)N(c4ccc(OCCC)cc4)C(=O)[C@@H]3ON2c2ccccc2)cc1OC. The van der Waals surface area contributed by atoms with Gasteiger partial charge in [-0.05, 0) is 66.9 Å². The van der Waals surface area contributed by atoms with E-state index in [1.807, 2.05) is 55.5 Å². The Balaban J connectivity index is 1.49. The summed E-state index contributed by atoms with van der Waals surface area (Å²) in [5.41, 5.74) is 2.04. The lowest BCUT2D eigenvalue weighted by Gasteiger charge is -2.29. The molecule has 39 heavy (non-hydrogen) atoms. The summed E-state index contributed by atoms with van der Waals surface area (Å²) in [5.74, 6) is 0.455. The van der Waals surface area contributed by atoms with Crippen LogP contribution in [0.25, 0.3) is 0 Å². The second-order valence-electron chi connectivity index (χ2n) is 9.62. The Bertz CT molecular complexity index is 1300. The molecule has 8 heteroatoms. The van der Waals surface area contributed by atoms with Gasteiger partial charge in [0.05, 0.1) is 37.7 Å². The number of hydroxylamine groups is 1. The number of unbranched alkanes of at least 4 members (excludes halogenated alkanes) is 1. The second-order valence-corrected chi connectivity index (χ2v) is 9.62. The Morgan fingerprint density at radius 1 is 0.795 bits per heavy atom. The molecule has 0 aliphatic carbocycles. The summed E-state index contributed by atoms with van der Waals surface area (Å²) in [6, 6.07) is 21.6. The van der Waals surface area contributed by atoms with E-state index < -0.39 is 18.1 Å². The van der Waals surface area contributed by atoms with E-state index in [1.54, 1.807) is 36.4 Å². The van der Waals surface area contributed by atoms with Crippen molar-refractivity contribution < 1.29 is 28.6 Å². The van der Waals surface area contributed by atoms with Gasteiger partial charge in [0.2, 0.25) is 5.91 Å². The van der Waals surface area contributed by atoms with E-state index in [4.69, 9.17) is 19.0 Å². The molecular formula is C31H34N2O6. The van der Waals surface area contributed by atoms with Crippen LogP contribution in [0.1, 0.15) is 44.7 Å². The Kier molecular flexibility index (Phi) is 8.02. The van der Waals surface area contributed by atoms with Crippen LogP contribution >= 0.6 is 0 Å². The maximum atomic E-state index is 13.9. The van der Waals surface area contributed by atoms with Gasteiger partial charge in [-0.1, -0.05) is 44.5 Å². The predicted molar refractivity (Wildman–Crippen MR) is 148 cm³/mol. The molecule has 3 atom stereocenters. The summed E-state index contributed by atoms with van der Waals surface area (Å²) in [4.78, 5) is 35.0. The van der Waals surface area contributed by atoms with Crippen molar-refractivity contribution in [1.29, 1.82) is 0 Å². The molecule has 0 saturated carbocycles. The van der Waals surface area contributed by atoms with Crippen LogP contribution in [0.15, 0.2) is 72.8 Å². The third-order valence-corrected chi connectivity index (χ3v) is 6.98. The van der Waals surface area contributed by atoms with Crippen LogP contribution in [0.3, 0.4) is 0 Å². The number of amides is 2. The lowest BCUT2D eigenvalue weighted by Crippen LogP contribution is -2.37. The van der Waals surface area contributed by atoms with E-state index in [0.717, 1.165) is 30.5 Å². The van der Waals surface area contributed by atoms with Crippen LogP contribution in [0.4, 0.5) is 11.4 Å². The zero-order chi connectivity index (χ0) is 27.4. The zero-order valence-electron chi connectivity index (χ0n) is 22.5. The lowest BCUT2D eigenvalue weighted by molar-refractivity contribution is -0.126. The predicted octanol–water partition coefficient (Wildman–Crippen LogP) is 5.71. The minimum atomic E-state index is -0.954. The third-order valence-electron chi connectivity index (χ3n) is 6.98. The minimum absolute atomic E-state index is 0.308. The topological polar surface area (TPSA) is 77.5 Å². The molecule has 2 fully saturated rings. The Labute approximate surface area is 229 Å². The maximum Gasteiger partial charge on any atom is 0.266 e. The van der Waals surface area contributed by atoms with Crippen LogP contribution in [-0.4, -0.2) is 38.2 Å². The molecule has 0 aromatic heterocycles. The highest BCUT2D eigenvalue weighted by Crippen LogP contribution is 2.48. The zero-order valence-corrected chi connectivity index (χ0v) is 22.5. The van der Waals surface area contributed by atoms with Gasteiger partial charge >= 0.3 is 0 Å². The van der Waals surface area contributed by atoms with E-state index in [-0.39, 0.29) is 11.8 Å². The fraction of sp³-hybridized carbons (Fsp3) is 0.355. The van der Waals surface area contributed by atoms with Crippen molar-refractivity contribution in [2.75, 3.05) is 30.3 Å². The van der Waals surface area contributed by atoms with Crippen LogP contribution < -0.4 is 24.2 Å². The molecule has 2 aliphatic heterocycles. The highest BCUT2D eigenvalue weighted by molar-refractivity contribution is 6.23. The number of nitrogens with zero attached hydrogens (tertiary/aromatic N) is 2. The first-order chi connectivity index (χ1) is 19.1. The molecule has 204 valence electrons. The molecule has 0 N–H and O–H groups in total. The molecule has 2 amide bonds. The number of anilines is 2. The van der Waals surface area contributed by atoms with Gasteiger partial charge < -0.3 is 14.2 Å². The molecule has 8 nitrogen and oxygen atoms in total. The number of hydrogen-bond donors (Lipinski definition) is 0. The number of methoxy groups -OCH3 is 1. The summed E-state index contributed by atoms with van der Waals surface area (Å²) in [5, 5.41) is 1.68. The first kappa shape index (κ1) is 26.6. The first-order valence-corrected chi connectivity index (χ1v) is 13.5. The number of ether oxygens (including phenoxy) is 3. The van der Waals surface area contributed by atoms with Gasteiger partial charge in [0.15, 0.2) is 17.6 Å². The molecular weight excluding hydrogens is 496 g/mol. The van der Waals surface area contributed by atoms with E-state index >= 15 is 0 Å². The van der Waals surface area contributed by atoms with Crippen molar-refractivity contribution in [2.24, 2.45) is 5.92 Å². The minimum Gasteiger partial charge on any atom is -0.494 e. The fourth-order valence-electron chi connectivity index (χ4n) is 5.03. The van der Waals surface area contributed by atoms with Gasteiger partial charge in [-0.3, -0.25) is 14.4 Å². The average molecular weight is 531 g/mol. The highest BCUT2D eigenvalue weighted by atomic mass is 16.7. The largest absolute Gasteiger partial charge is 0.494 e. The summed E-state index contributed by atoms with van der Waals surface area (Å²) < 4.78 is 17.2. The quantitative estimate of drug-likeness (QED) is 0.232. The van der Waals surface area contributed by atoms with E-state index in [0.29, 0.717) is 36.1 Å². The molecule has 0 bridgehead atoms. The smallest absolute Gasteiger partial charge is 0.266 e. The average Bonchev–Trinajstić information content (AvgIpc) is 3.48. The molecule has 3 aromatic carbocycles. The van der Waals surface area contributed by atoms with Gasteiger partial charge in [0.25, 0.3) is 5.91 Å². The van der Waals surface area contributed by atoms with Crippen molar-refractivity contribution >= 4 is 23.2 Å². The number of carbonyl (C=O) groups excluding carboxylic acids is 2. The van der Waals surface area contributed by atoms with Crippen molar-refractivity contribution in [3.05, 3.63) is 78.4 Å². The number of hydrogen-bond acceptors (Lipinski definition) is 7. The van der Waals surface area contributed by atoms with Crippen LogP contribution in [0.2, 0.25) is 0 Å². The molecule has 2 saturated heterocycles. The van der Waals surface area contributed by atoms with E-state index in [9.17, 15) is 9.59 Å². The van der Waals surface area contributed by atoms with Gasteiger partial charge in [0, 0.05) is 0 Å². The summed E-state index contributed by atoms with van der Waals surface area (Å²) in [6.45, 7) is 5.33. The Morgan fingerprint density at radius 3 is 2.26 bits per heavy atom. The Morgan fingerprint density at radius 2 is 1.56 bits per heavy atom. The molecule has 2 heterocycles. The fourth-order valence-corrected chi connectivity index (χ4v) is 5.03.